The van der Waals surface area contributed by atoms with Crippen LogP contribution in [0, 0.1) is 0 Å². The van der Waals surface area contributed by atoms with Crippen LogP contribution in [0.25, 0.3) is 0 Å². The number of halogens is 1. The molecule has 1 heterocycles. The maximum atomic E-state index is 11.8. The predicted octanol–water partition coefficient (Wildman–Crippen LogP) is 2.67. The van der Waals surface area contributed by atoms with Gasteiger partial charge in [-0.1, -0.05) is 15.9 Å². The summed E-state index contributed by atoms with van der Waals surface area (Å²) in [5.41, 5.74) is 0.680. The Hall–Kier alpha value is -0.810. The number of esters is 1. The first kappa shape index (κ1) is 11.7. The molecule has 0 bridgehead atoms. The van der Waals surface area contributed by atoms with Crippen molar-refractivity contribution in [2.45, 2.75) is 16.6 Å². The van der Waals surface area contributed by atoms with Crippen LogP contribution in [-0.4, -0.2) is 24.1 Å². The fourth-order valence-electron chi connectivity index (χ4n) is 1.56. The zero-order valence-corrected chi connectivity index (χ0v) is 10.9. The summed E-state index contributed by atoms with van der Waals surface area (Å²) in [6.45, 7) is 0. The Bertz CT molecular complexity index is 459. The van der Waals surface area contributed by atoms with E-state index in [1.165, 1.54) is 18.9 Å². The number of ketones is 1. The molecule has 1 unspecified atom stereocenters. The van der Waals surface area contributed by atoms with Crippen molar-refractivity contribution in [2.24, 2.45) is 0 Å². The van der Waals surface area contributed by atoms with Crippen molar-refractivity contribution in [3.8, 4) is 0 Å². The van der Waals surface area contributed by atoms with Gasteiger partial charge in [-0.2, -0.15) is 0 Å². The Morgan fingerprint density at radius 3 is 3.00 bits per heavy atom. The summed E-state index contributed by atoms with van der Waals surface area (Å²) in [4.78, 5) is 24.1. The van der Waals surface area contributed by atoms with E-state index >= 15 is 0 Å². The average Bonchev–Trinajstić information content (AvgIpc) is 2.28. The number of benzene rings is 1. The number of Topliss-reactive ketones (excluding diaryl/α,β-unsaturated/α-hetero) is 1. The van der Waals surface area contributed by atoms with E-state index in [-0.39, 0.29) is 18.2 Å². The third-order valence-electron chi connectivity index (χ3n) is 2.35. The second-order valence-corrected chi connectivity index (χ2v) is 5.56. The van der Waals surface area contributed by atoms with Gasteiger partial charge in [0, 0.05) is 21.4 Å². The molecule has 16 heavy (non-hydrogen) atoms. The highest BCUT2D eigenvalue weighted by atomic mass is 79.9. The Morgan fingerprint density at radius 2 is 2.31 bits per heavy atom. The predicted molar refractivity (Wildman–Crippen MR) is 64.8 cm³/mol. The van der Waals surface area contributed by atoms with Gasteiger partial charge in [-0.15, -0.1) is 11.8 Å². The minimum Gasteiger partial charge on any atom is -0.468 e. The van der Waals surface area contributed by atoms with Crippen LogP contribution in [0.5, 0.6) is 0 Å². The van der Waals surface area contributed by atoms with Gasteiger partial charge in [0.15, 0.2) is 5.78 Å². The number of rotatable bonds is 1. The molecule has 0 fully saturated rings. The number of hydrogen-bond acceptors (Lipinski definition) is 4. The van der Waals surface area contributed by atoms with Crippen LogP contribution < -0.4 is 0 Å². The molecule has 1 aliphatic heterocycles. The molecule has 0 saturated heterocycles. The first-order chi connectivity index (χ1) is 7.61. The fraction of sp³-hybridized carbons (Fsp3) is 0.273. The van der Waals surface area contributed by atoms with Crippen molar-refractivity contribution >= 4 is 39.4 Å². The van der Waals surface area contributed by atoms with Crippen molar-refractivity contribution in [3.05, 3.63) is 28.2 Å². The zero-order valence-electron chi connectivity index (χ0n) is 8.53. The lowest BCUT2D eigenvalue weighted by Gasteiger charge is -2.21. The quantitative estimate of drug-likeness (QED) is 0.748. The van der Waals surface area contributed by atoms with Gasteiger partial charge in [-0.3, -0.25) is 9.59 Å². The van der Waals surface area contributed by atoms with Crippen molar-refractivity contribution < 1.29 is 14.3 Å². The van der Waals surface area contributed by atoms with Gasteiger partial charge in [-0.25, -0.2) is 0 Å². The maximum absolute atomic E-state index is 11.8. The van der Waals surface area contributed by atoms with E-state index in [9.17, 15) is 9.59 Å². The van der Waals surface area contributed by atoms with Crippen molar-refractivity contribution in [1.29, 1.82) is 0 Å². The number of hydrogen-bond donors (Lipinski definition) is 0. The Kier molecular flexibility index (Phi) is 3.35. The molecule has 0 aliphatic carbocycles. The summed E-state index contributed by atoms with van der Waals surface area (Å²) >= 11 is 4.71. The summed E-state index contributed by atoms with van der Waals surface area (Å²) in [5, 5.41) is -0.411. The highest BCUT2D eigenvalue weighted by molar-refractivity contribution is 9.10. The van der Waals surface area contributed by atoms with Crippen LogP contribution in [0.4, 0.5) is 0 Å². The van der Waals surface area contributed by atoms with E-state index in [4.69, 9.17) is 0 Å². The molecule has 84 valence electrons. The highest BCUT2D eigenvalue weighted by Crippen LogP contribution is 2.36. The molecular weight excluding hydrogens is 292 g/mol. The second kappa shape index (κ2) is 4.59. The standard InChI is InChI=1S/C11H9BrO3S/c1-15-11(14)10-5-8(13)7-4-6(12)2-3-9(7)16-10/h2-4,10H,5H2,1H3. The average molecular weight is 301 g/mol. The summed E-state index contributed by atoms with van der Waals surface area (Å²) in [6, 6.07) is 5.49. The Balaban J connectivity index is 2.33. The van der Waals surface area contributed by atoms with Crippen molar-refractivity contribution in [1.82, 2.24) is 0 Å². The van der Waals surface area contributed by atoms with Gasteiger partial charge < -0.3 is 4.74 Å². The molecule has 0 saturated carbocycles. The van der Waals surface area contributed by atoms with Crippen molar-refractivity contribution in [2.75, 3.05) is 7.11 Å². The minimum absolute atomic E-state index is 0.00884. The van der Waals surface area contributed by atoms with Crippen LogP contribution in [0.1, 0.15) is 16.8 Å². The first-order valence-electron chi connectivity index (χ1n) is 4.69. The normalized spacial score (nSPS) is 19.1. The minimum atomic E-state index is -0.411. The summed E-state index contributed by atoms with van der Waals surface area (Å²) < 4.78 is 5.53. The number of carbonyl (C=O) groups excluding carboxylic acids is 2. The topological polar surface area (TPSA) is 43.4 Å². The van der Waals surface area contributed by atoms with Crippen LogP contribution >= 0.6 is 27.7 Å². The molecule has 0 aromatic heterocycles. The molecule has 0 spiro atoms. The van der Waals surface area contributed by atoms with Crippen molar-refractivity contribution in [3.63, 3.8) is 0 Å². The lowest BCUT2D eigenvalue weighted by atomic mass is 10.1. The first-order valence-corrected chi connectivity index (χ1v) is 6.36. The Labute approximate surface area is 106 Å². The summed E-state index contributed by atoms with van der Waals surface area (Å²) in [5.74, 6) is -0.350. The molecule has 0 radical (unpaired) electrons. The number of methoxy groups -OCH3 is 1. The number of ether oxygens (including phenoxy) is 1. The van der Waals surface area contributed by atoms with E-state index in [0.717, 1.165) is 9.37 Å². The van der Waals surface area contributed by atoms with Gasteiger partial charge >= 0.3 is 5.97 Å². The van der Waals surface area contributed by atoms with Gasteiger partial charge in [0.1, 0.15) is 5.25 Å². The molecule has 2 rings (SSSR count). The second-order valence-electron chi connectivity index (χ2n) is 3.40. The van der Waals surface area contributed by atoms with Gasteiger partial charge in [0.2, 0.25) is 0 Å². The molecule has 1 aromatic rings. The largest absolute Gasteiger partial charge is 0.468 e. The molecule has 0 amide bonds. The highest BCUT2D eigenvalue weighted by Gasteiger charge is 2.31. The van der Waals surface area contributed by atoms with E-state index in [0.29, 0.717) is 5.56 Å². The molecular formula is C11H9BrO3S. The SMILES string of the molecule is COC(=O)C1CC(=O)c2cc(Br)ccc2S1. The smallest absolute Gasteiger partial charge is 0.319 e. The third-order valence-corrected chi connectivity index (χ3v) is 4.09. The monoisotopic (exact) mass is 300 g/mol. The fourth-order valence-corrected chi connectivity index (χ4v) is 3.10. The van der Waals surface area contributed by atoms with E-state index in [2.05, 4.69) is 20.7 Å². The molecule has 1 aromatic carbocycles. The molecule has 3 nitrogen and oxygen atoms in total. The van der Waals surface area contributed by atoms with Crippen LogP contribution in [0.2, 0.25) is 0 Å². The van der Waals surface area contributed by atoms with Gasteiger partial charge in [0.05, 0.1) is 7.11 Å². The van der Waals surface area contributed by atoms with E-state index in [1.807, 2.05) is 12.1 Å². The zero-order chi connectivity index (χ0) is 11.7. The molecule has 0 N–H and O–H groups in total. The van der Waals surface area contributed by atoms with Gasteiger partial charge in [0.25, 0.3) is 0 Å². The van der Waals surface area contributed by atoms with Gasteiger partial charge in [-0.05, 0) is 18.2 Å². The van der Waals surface area contributed by atoms with Crippen LogP contribution in [0.15, 0.2) is 27.6 Å². The van der Waals surface area contributed by atoms with E-state index in [1.54, 1.807) is 6.07 Å². The molecule has 1 atom stereocenters. The number of carbonyl (C=O) groups is 2. The lowest BCUT2D eigenvalue weighted by Crippen LogP contribution is -2.26. The summed E-state index contributed by atoms with van der Waals surface area (Å²) in [7, 11) is 1.34. The van der Waals surface area contributed by atoms with Crippen LogP contribution in [0.3, 0.4) is 0 Å². The molecule has 5 heteroatoms. The summed E-state index contributed by atoms with van der Waals surface area (Å²) in [6.07, 6.45) is 0.209. The molecule has 1 aliphatic rings. The van der Waals surface area contributed by atoms with Crippen LogP contribution in [-0.2, 0) is 9.53 Å². The lowest BCUT2D eigenvalue weighted by molar-refractivity contribution is -0.139. The number of thioether (sulfide) groups is 1. The maximum Gasteiger partial charge on any atom is 0.319 e. The Morgan fingerprint density at radius 1 is 1.56 bits per heavy atom. The number of fused-ring (bicyclic) bond motifs is 1. The van der Waals surface area contributed by atoms with E-state index < -0.39 is 5.25 Å². The third kappa shape index (κ3) is 2.15.